The van der Waals surface area contributed by atoms with Gasteiger partial charge in [-0.25, -0.2) is 9.18 Å². The van der Waals surface area contributed by atoms with Crippen molar-refractivity contribution in [2.45, 2.75) is 32.2 Å². The molecule has 5 heteroatoms. The summed E-state index contributed by atoms with van der Waals surface area (Å²) in [4.78, 5) is 13.8. The van der Waals surface area contributed by atoms with Crippen molar-refractivity contribution >= 4 is 6.03 Å². The number of rotatable bonds is 6. The third kappa shape index (κ3) is 5.30. The molecule has 4 nitrogen and oxygen atoms in total. The van der Waals surface area contributed by atoms with Crippen LogP contribution < -0.4 is 5.32 Å². The molecule has 1 N–H and O–H groups in total. The molecular formula is C17H25FN2O2. The maximum absolute atomic E-state index is 13.1. The molecule has 1 aromatic carbocycles. The van der Waals surface area contributed by atoms with Crippen molar-refractivity contribution in [3.63, 3.8) is 0 Å². The van der Waals surface area contributed by atoms with Gasteiger partial charge >= 0.3 is 6.03 Å². The third-order valence-electron chi connectivity index (χ3n) is 4.03. The molecule has 1 aliphatic rings. The largest absolute Gasteiger partial charge is 0.381 e. The van der Waals surface area contributed by atoms with Crippen LogP contribution in [-0.4, -0.2) is 43.8 Å². The molecule has 0 aromatic heterocycles. The van der Waals surface area contributed by atoms with Gasteiger partial charge in [0, 0.05) is 32.2 Å². The standard InChI is InChI=1S/C17H25FN2O2/c1-13(6-7-14-4-3-5-16(18)10-14)19-17(21)20(2)11-15-8-9-22-12-15/h3-5,10,13,15H,6-9,11-12H2,1-2H3,(H,19,21)/t13-,15-/m0/s1. The molecule has 0 saturated carbocycles. The van der Waals surface area contributed by atoms with Crippen LogP contribution in [0.25, 0.3) is 0 Å². The molecule has 1 fully saturated rings. The fraction of sp³-hybridized carbons (Fsp3) is 0.588. The fourth-order valence-electron chi connectivity index (χ4n) is 2.67. The van der Waals surface area contributed by atoms with Gasteiger partial charge in [-0.05, 0) is 43.9 Å². The zero-order valence-corrected chi connectivity index (χ0v) is 13.3. The Morgan fingerprint density at radius 1 is 1.55 bits per heavy atom. The summed E-state index contributed by atoms with van der Waals surface area (Å²) >= 11 is 0. The fourth-order valence-corrected chi connectivity index (χ4v) is 2.67. The summed E-state index contributed by atoms with van der Waals surface area (Å²) in [6.45, 7) is 4.24. The molecule has 2 rings (SSSR count). The number of hydrogen-bond acceptors (Lipinski definition) is 2. The summed E-state index contributed by atoms with van der Waals surface area (Å²) < 4.78 is 18.4. The second-order valence-corrected chi connectivity index (χ2v) is 6.13. The number of urea groups is 1. The van der Waals surface area contributed by atoms with Crippen LogP contribution in [0.4, 0.5) is 9.18 Å². The van der Waals surface area contributed by atoms with E-state index in [9.17, 15) is 9.18 Å². The minimum atomic E-state index is -0.215. The van der Waals surface area contributed by atoms with Crippen LogP contribution in [0.5, 0.6) is 0 Å². The lowest BCUT2D eigenvalue weighted by Gasteiger charge is -2.23. The lowest BCUT2D eigenvalue weighted by molar-refractivity contribution is 0.170. The minimum Gasteiger partial charge on any atom is -0.381 e. The van der Waals surface area contributed by atoms with E-state index >= 15 is 0 Å². The quantitative estimate of drug-likeness (QED) is 0.878. The van der Waals surface area contributed by atoms with E-state index in [0.717, 1.165) is 44.6 Å². The minimum absolute atomic E-state index is 0.0537. The predicted molar refractivity (Wildman–Crippen MR) is 84.3 cm³/mol. The van der Waals surface area contributed by atoms with Crippen LogP contribution in [0.15, 0.2) is 24.3 Å². The summed E-state index contributed by atoms with van der Waals surface area (Å²) in [6.07, 6.45) is 2.56. The van der Waals surface area contributed by atoms with E-state index in [-0.39, 0.29) is 17.9 Å². The van der Waals surface area contributed by atoms with Gasteiger partial charge in [0.25, 0.3) is 0 Å². The van der Waals surface area contributed by atoms with Gasteiger partial charge < -0.3 is 15.0 Å². The van der Waals surface area contributed by atoms with Crippen molar-refractivity contribution in [2.75, 3.05) is 26.8 Å². The van der Waals surface area contributed by atoms with Gasteiger partial charge in [0.05, 0.1) is 6.61 Å². The Hall–Kier alpha value is -1.62. The Labute approximate surface area is 131 Å². The molecule has 0 unspecified atom stereocenters. The highest BCUT2D eigenvalue weighted by Gasteiger charge is 2.20. The summed E-state index contributed by atoms with van der Waals surface area (Å²) in [5.41, 5.74) is 0.956. The predicted octanol–water partition coefficient (Wildman–Crippen LogP) is 2.82. The smallest absolute Gasteiger partial charge is 0.317 e. The van der Waals surface area contributed by atoms with E-state index in [2.05, 4.69) is 5.32 Å². The first kappa shape index (κ1) is 16.7. The summed E-state index contributed by atoms with van der Waals surface area (Å²) in [7, 11) is 1.81. The molecule has 1 aromatic rings. The molecular weight excluding hydrogens is 283 g/mol. The number of benzene rings is 1. The van der Waals surface area contributed by atoms with Gasteiger partial charge in [0.2, 0.25) is 0 Å². The highest BCUT2D eigenvalue weighted by atomic mass is 19.1. The second kappa shape index (κ2) is 8.13. The molecule has 1 aliphatic heterocycles. The normalized spacial score (nSPS) is 19.0. The van der Waals surface area contributed by atoms with Crippen LogP contribution in [0.1, 0.15) is 25.3 Å². The first-order chi connectivity index (χ1) is 10.5. The third-order valence-corrected chi connectivity index (χ3v) is 4.03. The number of hydrogen-bond donors (Lipinski definition) is 1. The van der Waals surface area contributed by atoms with Gasteiger partial charge in [-0.15, -0.1) is 0 Å². The van der Waals surface area contributed by atoms with E-state index in [1.165, 1.54) is 6.07 Å². The SMILES string of the molecule is C[C@@H](CCc1cccc(F)c1)NC(=O)N(C)C[C@@H]1CCOC1. The van der Waals surface area contributed by atoms with Crippen LogP contribution in [0, 0.1) is 11.7 Å². The first-order valence-corrected chi connectivity index (χ1v) is 7.88. The van der Waals surface area contributed by atoms with E-state index in [4.69, 9.17) is 4.74 Å². The van der Waals surface area contributed by atoms with Crippen LogP contribution >= 0.6 is 0 Å². The van der Waals surface area contributed by atoms with E-state index in [1.54, 1.807) is 17.0 Å². The first-order valence-electron chi connectivity index (χ1n) is 7.88. The molecule has 1 heterocycles. The molecule has 122 valence electrons. The Kier molecular flexibility index (Phi) is 6.19. The highest BCUT2D eigenvalue weighted by Crippen LogP contribution is 2.13. The van der Waals surface area contributed by atoms with E-state index in [0.29, 0.717) is 5.92 Å². The van der Waals surface area contributed by atoms with E-state index in [1.807, 2.05) is 20.0 Å². The van der Waals surface area contributed by atoms with Gasteiger partial charge in [-0.1, -0.05) is 12.1 Å². The van der Waals surface area contributed by atoms with Crippen molar-refractivity contribution in [1.29, 1.82) is 0 Å². The number of halogens is 1. The van der Waals surface area contributed by atoms with Gasteiger partial charge in [0.1, 0.15) is 5.82 Å². The lowest BCUT2D eigenvalue weighted by atomic mass is 10.1. The Morgan fingerprint density at radius 2 is 2.36 bits per heavy atom. The Balaban J connectivity index is 1.71. The summed E-state index contributed by atoms with van der Waals surface area (Å²) in [6, 6.07) is 6.60. The van der Waals surface area contributed by atoms with Crippen molar-refractivity contribution in [2.24, 2.45) is 5.92 Å². The monoisotopic (exact) mass is 308 g/mol. The molecule has 0 spiro atoms. The van der Waals surface area contributed by atoms with Crippen LogP contribution in [-0.2, 0) is 11.2 Å². The number of amides is 2. The van der Waals surface area contributed by atoms with Crippen LogP contribution in [0.2, 0.25) is 0 Å². The van der Waals surface area contributed by atoms with E-state index < -0.39 is 0 Å². The molecule has 22 heavy (non-hydrogen) atoms. The number of carbonyl (C=O) groups excluding carboxylic acids is 1. The van der Waals surface area contributed by atoms with Crippen molar-refractivity contribution in [3.05, 3.63) is 35.6 Å². The lowest BCUT2D eigenvalue weighted by Crippen LogP contribution is -2.43. The summed E-state index contributed by atoms with van der Waals surface area (Å²) in [5.74, 6) is 0.228. The second-order valence-electron chi connectivity index (χ2n) is 6.13. The zero-order valence-electron chi connectivity index (χ0n) is 13.3. The zero-order chi connectivity index (χ0) is 15.9. The van der Waals surface area contributed by atoms with Gasteiger partial charge in [-0.3, -0.25) is 0 Å². The molecule has 0 aliphatic carbocycles. The number of aryl methyl sites for hydroxylation is 1. The number of nitrogens with one attached hydrogen (secondary N) is 1. The molecule has 2 amide bonds. The van der Waals surface area contributed by atoms with Crippen molar-refractivity contribution in [3.8, 4) is 0 Å². The Morgan fingerprint density at radius 3 is 3.05 bits per heavy atom. The number of carbonyl (C=O) groups is 1. The maximum Gasteiger partial charge on any atom is 0.317 e. The van der Waals surface area contributed by atoms with Gasteiger partial charge in [0.15, 0.2) is 0 Å². The molecule has 2 atom stereocenters. The topological polar surface area (TPSA) is 41.6 Å². The highest BCUT2D eigenvalue weighted by molar-refractivity contribution is 5.74. The van der Waals surface area contributed by atoms with Gasteiger partial charge in [-0.2, -0.15) is 0 Å². The summed E-state index contributed by atoms with van der Waals surface area (Å²) in [5, 5.41) is 2.99. The van der Waals surface area contributed by atoms with Crippen LogP contribution in [0.3, 0.4) is 0 Å². The van der Waals surface area contributed by atoms with Crippen molar-refractivity contribution < 1.29 is 13.9 Å². The average Bonchev–Trinajstić information content (AvgIpc) is 2.98. The maximum atomic E-state index is 13.1. The molecule has 0 radical (unpaired) electrons. The number of nitrogens with zero attached hydrogens (tertiary/aromatic N) is 1. The number of ether oxygens (including phenoxy) is 1. The van der Waals surface area contributed by atoms with Crippen molar-refractivity contribution in [1.82, 2.24) is 10.2 Å². The molecule has 0 bridgehead atoms. The average molecular weight is 308 g/mol. The molecule has 1 saturated heterocycles. The Bertz CT molecular complexity index is 489.